The molecule has 5 atom stereocenters. The number of nitrogens with one attached hydrogen (secondary N) is 2. The predicted octanol–water partition coefficient (Wildman–Crippen LogP) is 2.39. The van der Waals surface area contributed by atoms with E-state index in [0.29, 0.717) is 31.0 Å². The molecule has 2 aliphatic heterocycles. The Kier molecular flexibility index (Phi) is 5.20. The molecule has 4 aliphatic rings. The summed E-state index contributed by atoms with van der Waals surface area (Å²) < 4.78 is 0. The number of likely N-dealkylation sites (tertiary alicyclic amines) is 1. The highest BCUT2D eigenvalue weighted by atomic mass is 35.5. The first-order valence-electron chi connectivity index (χ1n) is 11.7. The molecular weight excluding hydrogens is 440 g/mol. The van der Waals surface area contributed by atoms with E-state index in [4.69, 9.17) is 11.6 Å². The van der Waals surface area contributed by atoms with Crippen LogP contribution >= 0.6 is 11.6 Å². The molecular formula is C25H29ClN4O3. The highest BCUT2D eigenvalue weighted by Gasteiger charge is 2.71. The van der Waals surface area contributed by atoms with Crippen LogP contribution in [-0.2, 0) is 19.8 Å². The first-order valence-corrected chi connectivity index (χ1v) is 12.1. The Morgan fingerprint density at radius 2 is 2.12 bits per heavy atom. The van der Waals surface area contributed by atoms with Gasteiger partial charge >= 0.3 is 0 Å². The minimum Gasteiger partial charge on any atom is -0.356 e. The number of fused-ring (bicyclic) bond motifs is 1. The molecule has 2 N–H and O–H groups in total. The summed E-state index contributed by atoms with van der Waals surface area (Å²) in [4.78, 5) is 40.9. The van der Waals surface area contributed by atoms with Crippen LogP contribution in [0.5, 0.6) is 0 Å². The number of amides is 3. The average molecular weight is 469 g/mol. The van der Waals surface area contributed by atoms with Crippen molar-refractivity contribution in [1.82, 2.24) is 15.5 Å². The van der Waals surface area contributed by atoms with Crippen LogP contribution < -0.4 is 10.6 Å². The van der Waals surface area contributed by atoms with Gasteiger partial charge in [0.05, 0.1) is 11.5 Å². The van der Waals surface area contributed by atoms with Gasteiger partial charge in [-0.15, -0.1) is 0 Å². The molecule has 5 rings (SSSR count). The lowest BCUT2D eigenvalue weighted by molar-refractivity contribution is -0.142. The predicted molar refractivity (Wildman–Crippen MR) is 122 cm³/mol. The summed E-state index contributed by atoms with van der Waals surface area (Å²) >= 11 is 6.20. The summed E-state index contributed by atoms with van der Waals surface area (Å²) in [6.07, 6.45) is 2.44. The zero-order chi connectivity index (χ0) is 23.5. The van der Waals surface area contributed by atoms with Crippen molar-refractivity contribution < 1.29 is 14.4 Å². The average Bonchev–Trinajstić information content (AvgIpc) is 3.54. The third-order valence-corrected chi connectivity index (χ3v) is 8.67. The van der Waals surface area contributed by atoms with Crippen LogP contribution in [0.1, 0.15) is 45.1 Å². The monoisotopic (exact) mass is 468 g/mol. The fourth-order valence-corrected chi connectivity index (χ4v) is 6.35. The van der Waals surface area contributed by atoms with Gasteiger partial charge in [0.15, 0.2) is 0 Å². The lowest BCUT2D eigenvalue weighted by atomic mass is 9.92. The highest BCUT2D eigenvalue weighted by molar-refractivity contribution is 6.30. The zero-order valence-corrected chi connectivity index (χ0v) is 19.7. The van der Waals surface area contributed by atoms with Gasteiger partial charge in [0.2, 0.25) is 17.7 Å². The molecule has 2 saturated heterocycles. The third kappa shape index (κ3) is 3.59. The number of hydrogen-bond acceptors (Lipinski definition) is 4. The van der Waals surface area contributed by atoms with Crippen LogP contribution in [0.25, 0.3) is 0 Å². The van der Waals surface area contributed by atoms with Crippen molar-refractivity contribution in [2.45, 2.75) is 57.0 Å². The Bertz CT molecular complexity index is 1060. The lowest BCUT2D eigenvalue weighted by Crippen LogP contribution is -2.54. The quantitative estimate of drug-likeness (QED) is 0.669. The summed E-state index contributed by atoms with van der Waals surface area (Å²) in [6, 6.07) is 8.22. The molecule has 4 fully saturated rings. The maximum Gasteiger partial charge on any atom is 0.244 e. The number of carbonyl (C=O) groups excluding carboxylic acids is 3. The van der Waals surface area contributed by atoms with Gasteiger partial charge in [-0.1, -0.05) is 37.6 Å². The van der Waals surface area contributed by atoms with Gasteiger partial charge in [0.25, 0.3) is 0 Å². The van der Waals surface area contributed by atoms with E-state index < -0.39 is 17.5 Å². The van der Waals surface area contributed by atoms with E-state index in [1.54, 1.807) is 11.0 Å². The standard InChI is InChI=1S/C25H29ClN4O3/c1-24(2)18-13-30(23(33)25(7-8-25)15-4-3-5-16(26)11-15)20(19(18)24)22(32)29-17(12-27)10-14-6-9-28-21(14)31/h3-5,11,14,17-20H,6-10,13H2,1-2H3,(H,28,31)(H,29,32)/t14-,17-,18-,19-,20-/m0/s1. The van der Waals surface area contributed by atoms with Gasteiger partial charge in [-0.05, 0) is 60.6 Å². The van der Waals surface area contributed by atoms with E-state index in [2.05, 4.69) is 30.6 Å². The molecule has 0 bridgehead atoms. The number of hydrogen-bond donors (Lipinski definition) is 2. The molecule has 8 heteroatoms. The lowest BCUT2D eigenvalue weighted by Gasteiger charge is -2.33. The number of piperidine rings is 1. The van der Waals surface area contributed by atoms with Crippen molar-refractivity contribution in [3.8, 4) is 6.07 Å². The molecule has 2 saturated carbocycles. The number of nitrogens with zero attached hydrogens (tertiary/aromatic N) is 2. The first kappa shape index (κ1) is 22.2. The van der Waals surface area contributed by atoms with Crippen molar-refractivity contribution in [1.29, 1.82) is 5.26 Å². The highest BCUT2D eigenvalue weighted by Crippen LogP contribution is 2.66. The summed E-state index contributed by atoms with van der Waals surface area (Å²) in [5.74, 6) is -0.286. The molecule has 0 unspecified atom stereocenters. The summed E-state index contributed by atoms with van der Waals surface area (Å²) in [7, 11) is 0. The largest absolute Gasteiger partial charge is 0.356 e. The Morgan fingerprint density at radius 1 is 1.36 bits per heavy atom. The van der Waals surface area contributed by atoms with Crippen LogP contribution in [0.3, 0.4) is 0 Å². The molecule has 1 aromatic rings. The molecule has 2 aliphatic carbocycles. The molecule has 1 aromatic carbocycles. The fourth-order valence-electron chi connectivity index (χ4n) is 6.16. The smallest absolute Gasteiger partial charge is 0.244 e. The minimum absolute atomic E-state index is 0.0148. The Balaban J connectivity index is 1.35. The number of rotatable bonds is 6. The summed E-state index contributed by atoms with van der Waals surface area (Å²) in [5, 5.41) is 15.9. The van der Waals surface area contributed by atoms with Crippen LogP contribution in [0.4, 0.5) is 0 Å². The minimum atomic E-state index is -0.757. The van der Waals surface area contributed by atoms with E-state index >= 15 is 0 Å². The number of halogens is 1. The Hall–Kier alpha value is -2.59. The van der Waals surface area contributed by atoms with Crippen LogP contribution in [0, 0.1) is 34.5 Å². The molecule has 0 radical (unpaired) electrons. The summed E-state index contributed by atoms with van der Waals surface area (Å²) in [6.45, 7) is 5.43. The second kappa shape index (κ2) is 7.73. The van der Waals surface area contributed by atoms with Crippen molar-refractivity contribution in [3.05, 3.63) is 34.9 Å². The van der Waals surface area contributed by atoms with Crippen molar-refractivity contribution in [2.24, 2.45) is 23.2 Å². The third-order valence-electron chi connectivity index (χ3n) is 8.43. The fraction of sp³-hybridized carbons (Fsp3) is 0.600. The topological polar surface area (TPSA) is 102 Å². The van der Waals surface area contributed by atoms with E-state index in [9.17, 15) is 19.6 Å². The molecule has 0 spiro atoms. The van der Waals surface area contributed by atoms with Gasteiger partial charge in [-0.3, -0.25) is 14.4 Å². The molecule has 3 amide bonds. The Morgan fingerprint density at radius 3 is 2.73 bits per heavy atom. The molecule has 0 aromatic heterocycles. The van der Waals surface area contributed by atoms with E-state index in [0.717, 1.165) is 18.4 Å². The second-order valence-corrected chi connectivity index (χ2v) is 11.1. The van der Waals surface area contributed by atoms with Gasteiger partial charge in [0.1, 0.15) is 12.1 Å². The zero-order valence-electron chi connectivity index (χ0n) is 18.9. The SMILES string of the molecule is CC1(C)[C@@H]2[C@@H](C(=O)N[C@H](C#N)C[C@@H]3CCNC3=O)N(C(=O)C3(c4cccc(Cl)c4)CC3)C[C@@H]21. The van der Waals surface area contributed by atoms with Gasteiger partial charge in [-0.2, -0.15) is 5.26 Å². The van der Waals surface area contributed by atoms with Crippen LogP contribution in [-0.4, -0.2) is 47.8 Å². The van der Waals surface area contributed by atoms with Crippen molar-refractivity contribution in [3.63, 3.8) is 0 Å². The van der Waals surface area contributed by atoms with Crippen LogP contribution in [0.15, 0.2) is 24.3 Å². The number of benzene rings is 1. The van der Waals surface area contributed by atoms with E-state index in [1.807, 2.05) is 18.2 Å². The molecule has 33 heavy (non-hydrogen) atoms. The molecule has 7 nitrogen and oxygen atoms in total. The Labute approximate surface area is 198 Å². The van der Waals surface area contributed by atoms with E-state index in [1.165, 1.54) is 0 Å². The maximum absolute atomic E-state index is 13.8. The normalized spacial score (nSPS) is 31.2. The van der Waals surface area contributed by atoms with Gasteiger partial charge in [-0.25, -0.2) is 0 Å². The van der Waals surface area contributed by atoms with Gasteiger partial charge in [0, 0.05) is 24.0 Å². The summed E-state index contributed by atoms with van der Waals surface area (Å²) in [5.41, 5.74) is 0.279. The maximum atomic E-state index is 13.8. The van der Waals surface area contributed by atoms with Crippen LogP contribution in [0.2, 0.25) is 5.02 Å². The first-order chi connectivity index (χ1) is 15.7. The second-order valence-electron chi connectivity index (χ2n) is 10.7. The molecule has 2 heterocycles. The molecule has 174 valence electrons. The number of carbonyl (C=O) groups is 3. The number of nitriles is 1. The van der Waals surface area contributed by atoms with Gasteiger partial charge < -0.3 is 15.5 Å². The van der Waals surface area contributed by atoms with E-state index in [-0.39, 0.29) is 40.9 Å². The van der Waals surface area contributed by atoms with Crippen molar-refractivity contribution >= 4 is 29.3 Å². The van der Waals surface area contributed by atoms with Crippen molar-refractivity contribution in [2.75, 3.05) is 13.1 Å².